The molecular weight excluding hydrogens is 287 g/mol. The first kappa shape index (κ1) is 15.0. The lowest BCUT2D eigenvalue weighted by Crippen LogP contribution is -2.44. The number of rotatable bonds is 4. The average Bonchev–Trinajstić information content (AvgIpc) is 2.82. The van der Waals surface area contributed by atoms with E-state index in [-0.39, 0.29) is 17.8 Å². The van der Waals surface area contributed by atoms with Crippen LogP contribution in [0.5, 0.6) is 0 Å². The lowest BCUT2D eigenvalue weighted by molar-refractivity contribution is -0.122. The largest absolute Gasteiger partial charge is 0.459 e. The van der Waals surface area contributed by atoms with Crippen molar-refractivity contribution in [1.82, 2.24) is 10.6 Å². The summed E-state index contributed by atoms with van der Waals surface area (Å²) in [5.41, 5.74) is 1.49. The molecule has 118 valence electrons. The van der Waals surface area contributed by atoms with Gasteiger partial charge < -0.3 is 19.8 Å². The Morgan fingerprint density at radius 1 is 1.50 bits per heavy atom. The van der Waals surface area contributed by atoms with E-state index in [1.54, 1.807) is 6.07 Å². The van der Waals surface area contributed by atoms with E-state index < -0.39 is 0 Å². The number of halogens is 1. The second-order valence-corrected chi connectivity index (χ2v) is 5.50. The van der Waals surface area contributed by atoms with E-state index in [4.69, 9.17) is 9.15 Å². The van der Waals surface area contributed by atoms with Crippen molar-refractivity contribution in [3.63, 3.8) is 0 Å². The Bertz CT molecular complexity index is 677. The first-order chi connectivity index (χ1) is 10.6. The quantitative estimate of drug-likeness (QED) is 0.905. The molecule has 1 aromatic heterocycles. The van der Waals surface area contributed by atoms with Gasteiger partial charge in [0.15, 0.2) is 0 Å². The Morgan fingerprint density at radius 3 is 3.14 bits per heavy atom. The van der Waals surface area contributed by atoms with Crippen molar-refractivity contribution in [2.75, 3.05) is 19.8 Å². The smallest absolute Gasteiger partial charge is 0.222 e. The van der Waals surface area contributed by atoms with E-state index in [2.05, 4.69) is 10.6 Å². The maximum atomic E-state index is 13.3. The lowest BCUT2D eigenvalue weighted by atomic mass is 10.1. The summed E-state index contributed by atoms with van der Waals surface area (Å²) in [5, 5.41) is 6.82. The van der Waals surface area contributed by atoms with E-state index in [0.29, 0.717) is 37.5 Å². The minimum Gasteiger partial charge on any atom is -0.459 e. The van der Waals surface area contributed by atoms with E-state index in [1.807, 2.05) is 6.92 Å². The summed E-state index contributed by atoms with van der Waals surface area (Å²) in [4.78, 5) is 12.0. The number of carbonyl (C=O) groups excluding carboxylic acids is 1. The Morgan fingerprint density at radius 2 is 2.36 bits per heavy atom. The Kier molecular flexibility index (Phi) is 4.40. The van der Waals surface area contributed by atoms with Crippen molar-refractivity contribution in [3.05, 3.63) is 35.3 Å². The van der Waals surface area contributed by atoms with Crippen LogP contribution >= 0.6 is 0 Å². The first-order valence-electron chi connectivity index (χ1n) is 7.39. The van der Waals surface area contributed by atoms with Crippen LogP contribution in [0.3, 0.4) is 0 Å². The minimum absolute atomic E-state index is 0.0552. The third kappa shape index (κ3) is 3.28. The number of hydrogen-bond donors (Lipinski definition) is 2. The monoisotopic (exact) mass is 306 g/mol. The molecule has 0 saturated carbocycles. The molecule has 6 heteroatoms. The summed E-state index contributed by atoms with van der Waals surface area (Å²) in [7, 11) is 0. The molecule has 5 nitrogen and oxygen atoms in total. The second kappa shape index (κ2) is 6.46. The van der Waals surface area contributed by atoms with E-state index in [0.717, 1.165) is 17.5 Å². The van der Waals surface area contributed by atoms with Gasteiger partial charge >= 0.3 is 0 Å². The number of amides is 1. The highest BCUT2D eigenvalue weighted by molar-refractivity contribution is 5.82. The number of morpholine rings is 1. The zero-order chi connectivity index (χ0) is 15.5. The van der Waals surface area contributed by atoms with Gasteiger partial charge in [-0.1, -0.05) is 0 Å². The van der Waals surface area contributed by atoms with Gasteiger partial charge in [-0.3, -0.25) is 4.79 Å². The minimum atomic E-state index is -0.296. The lowest BCUT2D eigenvalue weighted by Gasteiger charge is -2.23. The molecule has 1 amide bonds. The molecular formula is C16H19FN2O3. The van der Waals surface area contributed by atoms with Gasteiger partial charge in [0, 0.05) is 30.0 Å². The zero-order valence-electron chi connectivity index (χ0n) is 12.4. The van der Waals surface area contributed by atoms with Gasteiger partial charge in [0.1, 0.15) is 17.2 Å². The number of ether oxygens (including phenoxy) is 1. The molecule has 3 rings (SSSR count). The topological polar surface area (TPSA) is 63.5 Å². The molecule has 2 N–H and O–H groups in total. The molecule has 0 spiro atoms. The van der Waals surface area contributed by atoms with Crippen LogP contribution in [0.25, 0.3) is 11.0 Å². The van der Waals surface area contributed by atoms with Gasteiger partial charge in [-0.15, -0.1) is 0 Å². The van der Waals surface area contributed by atoms with E-state index >= 15 is 0 Å². The number of aryl methyl sites for hydroxylation is 1. The van der Waals surface area contributed by atoms with Crippen molar-refractivity contribution >= 4 is 16.9 Å². The molecule has 1 atom stereocenters. The Labute approximate surface area is 127 Å². The molecule has 1 saturated heterocycles. The fourth-order valence-electron chi connectivity index (χ4n) is 2.64. The highest BCUT2D eigenvalue weighted by Crippen LogP contribution is 2.25. The molecule has 1 aliphatic heterocycles. The summed E-state index contributed by atoms with van der Waals surface area (Å²) in [5.74, 6) is 0.297. The van der Waals surface area contributed by atoms with Crippen LogP contribution in [-0.2, 0) is 16.1 Å². The predicted molar refractivity (Wildman–Crippen MR) is 80.0 cm³/mol. The SMILES string of the molecule is Cc1c(CNC(=O)CC2COCCN2)oc2ccc(F)cc12. The van der Waals surface area contributed by atoms with Gasteiger partial charge in [0.25, 0.3) is 0 Å². The maximum absolute atomic E-state index is 13.3. The van der Waals surface area contributed by atoms with Gasteiger partial charge in [0.2, 0.25) is 5.91 Å². The van der Waals surface area contributed by atoms with Crippen molar-refractivity contribution in [2.24, 2.45) is 0 Å². The molecule has 22 heavy (non-hydrogen) atoms. The van der Waals surface area contributed by atoms with Crippen LogP contribution in [0.15, 0.2) is 22.6 Å². The standard InChI is InChI=1S/C16H19FN2O3/c1-10-13-6-11(17)2-3-14(13)22-15(10)8-19-16(20)7-12-9-21-5-4-18-12/h2-3,6,12,18H,4-5,7-9H2,1H3,(H,19,20). The maximum Gasteiger partial charge on any atom is 0.222 e. The highest BCUT2D eigenvalue weighted by Gasteiger charge is 2.17. The summed E-state index contributed by atoms with van der Waals surface area (Å²) in [6.45, 7) is 4.17. The number of carbonyl (C=O) groups is 1. The molecule has 0 radical (unpaired) electrons. The van der Waals surface area contributed by atoms with Crippen molar-refractivity contribution in [2.45, 2.75) is 25.9 Å². The van der Waals surface area contributed by atoms with Gasteiger partial charge in [-0.05, 0) is 25.1 Å². The molecule has 1 aliphatic rings. The van der Waals surface area contributed by atoms with Crippen LogP contribution in [0, 0.1) is 12.7 Å². The highest BCUT2D eigenvalue weighted by atomic mass is 19.1. The second-order valence-electron chi connectivity index (χ2n) is 5.50. The number of furan rings is 1. The third-order valence-corrected chi connectivity index (χ3v) is 3.87. The van der Waals surface area contributed by atoms with Crippen LogP contribution in [-0.4, -0.2) is 31.7 Å². The Hall–Kier alpha value is -1.92. The predicted octanol–water partition coefficient (Wildman–Crippen LogP) is 1.88. The Balaban J connectivity index is 1.61. The zero-order valence-corrected chi connectivity index (χ0v) is 12.4. The number of benzene rings is 1. The van der Waals surface area contributed by atoms with Gasteiger partial charge in [-0.25, -0.2) is 4.39 Å². The molecule has 1 fully saturated rings. The molecule has 0 aliphatic carbocycles. The number of nitrogens with one attached hydrogen (secondary N) is 2. The van der Waals surface area contributed by atoms with Crippen LogP contribution in [0.2, 0.25) is 0 Å². The summed E-state index contributed by atoms with van der Waals surface area (Å²) >= 11 is 0. The molecule has 0 bridgehead atoms. The molecule has 2 aromatic rings. The normalized spacial score (nSPS) is 18.5. The van der Waals surface area contributed by atoms with Crippen molar-refractivity contribution in [3.8, 4) is 0 Å². The fraction of sp³-hybridized carbons (Fsp3) is 0.438. The summed E-state index contributed by atoms with van der Waals surface area (Å²) in [6.07, 6.45) is 0.369. The molecule has 1 unspecified atom stereocenters. The van der Waals surface area contributed by atoms with Crippen molar-refractivity contribution in [1.29, 1.82) is 0 Å². The number of fused-ring (bicyclic) bond motifs is 1. The molecule has 1 aromatic carbocycles. The van der Waals surface area contributed by atoms with Gasteiger partial charge in [-0.2, -0.15) is 0 Å². The van der Waals surface area contributed by atoms with E-state index in [1.165, 1.54) is 12.1 Å². The van der Waals surface area contributed by atoms with Crippen LogP contribution < -0.4 is 10.6 Å². The van der Waals surface area contributed by atoms with Crippen molar-refractivity contribution < 1.29 is 18.3 Å². The van der Waals surface area contributed by atoms with Crippen LogP contribution in [0.1, 0.15) is 17.7 Å². The molecule has 2 heterocycles. The fourth-order valence-corrected chi connectivity index (χ4v) is 2.64. The van der Waals surface area contributed by atoms with Crippen LogP contribution in [0.4, 0.5) is 4.39 Å². The average molecular weight is 306 g/mol. The summed E-state index contributed by atoms with van der Waals surface area (Å²) < 4.78 is 24.3. The third-order valence-electron chi connectivity index (χ3n) is 3.87. The van der Waals surface area contributed by atoms with E-state index in [9.17, 15) is 9.18 Å². The summed E-state index contributed by atoms with van der Waals surface area (Å²) in [6, 6.07) is 4.47. The first-order valence-corrected chi connectivity index (χ1v) is 7.39. The number of hydrogen-bond acceptors (Lipinski definition) is 4. The van der Waals surface area contributed by atoms with Gasteiger partial charge in [0.05, 0.1) is 19.8 Å².